The molecule has 2 aromatic carbocycles. The second-order valence-corrected chi connectivity index (χ2v) is 6.31. The second kappa shape index (κ2) is 10.8. The van der Waals surface area contributed by atoms with E-state index in [1.165, 1.54) is 32.4 Å². The lowest BCUT2D eigenvalue weighted by atomic mass is 9.97. The Morgan fingerprint density at radius 1 is 0.900 bits per heavy atom. The van der Waals surface area contributed by atoms with Gasteiger partial charge in [-0.1, -0.05) is 37.3 Å². The van der Waals surface area contributed by atoms with Crippen LogP contribution in [0.25, 0.3) is 0 Å². The van der Waals surface area contributed by atoms with Crippen molar-refractivity contribution in [3.8, 4) is 0 Å². The van der Waals surface area contributed by atoms with Crippen LogP contribution in [0.1, 0.15) is 45.5 Å². The molecule has 0 aliphatic heterocycles. The van der Waals surface area contributed by atoms with Crippen LogP contribution >= 0.6 is 0 Å². The maximum Gasteiger partial charge on any atom is 0.337 e. The maximum absolute atomic E-state index is 12.4. The van der Waals surface area contributed by atoms with Gasteiger partial charge in [-0.05, 0) is 30.2 Å². The Balaban J connectivity index is 2.07. The van der Waals surface area contributed by atoms with Crippen molar-refractivity contribution < 1.29 is 33.4 Å². The van der Waals surface area contributed by atoms with Crippen molar-refractivity contribution in [3.05, 3.63) is 65.2 Å². The number of esters is 3. The van der Waals surface area contributed by atoms with Gasteiger partial charge in [0.05, 0.1) is 31.3 Å². The Labute approximate surface area is 174 Å². The van der Waals surface area contributed by atoms with Crippen molar-refractivity contribution in [3.63, 3.8) is 0 Å². The lowest BCUT2D eigenvalue weighted by molar-refractivity contribution is -0.149. The fraction of sp³-hybridized carbons (Fsp3) is 0.273. The van der Waals surface area contributed by atoms with Crippen molar-refractivity contribution in [2.45, 2.75) is 19.3 Å². The highest BCUT2D eigenvalue weighted by Gasteiger charge is 2.21. The highest BCUT2D eigenvalue weighted by atomic mass is 16.5. The number of methoxy groups -OCH3 is 2. The molecule has 0 spiro atoms. The number of nitrogens with one attached hydrogen (secondary N) is 1. The predicted octanol–water partition coefficient (Wildman–Crippen LogP) is 2.94. The minimum Gasteiger partial charge on any atom is -0.465 e. The van der Waals surface area contributed by atoms with Gasteiger partial charge in [0.1, 0.15) is 0 Å². The molecule has 8 heteroatoms. The molecule has 8 nitrogen and oxygen atoms in total. The molecule has 0 aliphatic carbocycles. The van der Waals surface area contributed by atoms with Gasteiger partial charge in [0.15, 0.2) is 6.61 Å². The Bertz CT molecular complexity index is 890. The van der Waals surface area contributed by atoms with Gasteiger partial charge in [-0.3, -0.25) is 9.59 Å². The molecule has 1 unspecified atom stereocenters. The zero-order valence-corrected chi connectivity index (χ0v) is 17.0. The molecule has 0 saturated heterocycles. The Kier molecular flexibility index (Phi) is 8.10. The lowest BCUT2D eigenvalue weighted by Gasteiger charge is -2.15. The van der Waals surface area contributed by atoms with Gasteiger partial charge in [-0.15, -0.1) is 0 Å². The number of anilines is 1. The third kappa shape index (κ3) is 5.91. The molecule has 2 rings (SSSR count). The largest absolute Gasteiger partial charge is 0.465 e. The Morgan fingerprint density at radius 3 is 1.97 bits per heavy atom. The first-order valence-electron chi connectivity index (χ1n) is 9.22. The van der Waals surface area contributed by atoms with Crippen LogP contribution in [0.15, 0.2) is 48.5 Å². The first-order valence-corrected chi connectivity index (χ1v) is 9.22. The topological polar surface area (TPSA) is 108 Å². The molecular formula is C22H23NO7. The second-order valence-electron chi connectivity index (χ2n) is 6.31. The average molecular weight is 413 g/mol. The molecule has 30 heavy (non-hydrogen) atoms. The van der Waals surface area contributed by atoms with Crippen molar-refractivity contribution in [1.82, 2.24) is 0 Å². The van der Waals surface area contributed by atoms with Crippen molar-refractivity contribution >= 4 is 29.5 Å². The van der Waals surface area contributed by atoms with Crippen LogP contribution in [-0.2, 0) is 23.8 Å². The van der Waals surface area contributed by atoms with E-state index < -0.39 is 36.3 Å². The highest BCUT2D eigenvalue weighted by Crippen LogP contribution is 2.21. The van der Waals surface area contributed by atoms with Gasteiger partial charge in [-0.25, -0.2) is 9.59 Å². The van der Waals surface area contributed by atoms with Gasteiger partial charge in [0.25, 0.3) is 5.91 Å². The van der Waals surface area contributed by atoms with E-state index in [9.17, 15) is 19.2 Å². The molecule has 0 saturated carbocycles. The van der Waals surface area contributed by atoms with E-state index in [0.29, 0.717) is 6.42 Å². The number of ether oxygens (including phenoxy) is 3. The van der Waals surface area contributed by atoms with E-state index in [-0.39, 0.29) is 16.8 Å². The summed E-state index contributed by atoms with van der Waals surface area (Å²) in [5, 5.41) is 2.50. The third-order valence-corrected chi connectivity index (χ3v) is 4.30. The number of carbonyl (C=O) groups excluding carboxylic acids is 4. The average Bonchev–Trinajstić information content (AvgIpc) is 2.77. The zero-order chi connectivity index (χ0) is 22.1. The summed E-state index contributed by atoms with van der Waals surface area (Å²) in [4.78, 5) is 48.2. The summed E-state index contributed by atoms with van der Waals surface area (Å²) in [6, 6.07) is 13.1. The molecular weight excluding hydrogens is 390 g/mol. The van der Waals surface area contributed by atoms with Gasteiger partial charge >= 0.3 is 17.9 Å². The zero-order valence-electron chi connectivity index (χ0n) is 17.0. The quantitative estimate of drug-likeness (QED) is 0.524. The Hall–Kier alpha value is -3.68. The molecule has 0 radical (unpaired) electrons. The van der Waals surface area contributed by atoms with Gasteiger partial charge in [0.2, 0.25) is 0 Å². The van der Waals surface area contributed by atoms with Crippen LogP contribution in [0.3, 0.4) is 0 Å². The predicted molar refractivity (Wildman–Crippen MR) is 108 cm³/mol. The minimum absolute atomic E-state index is 0.0582. The number of carbonyl (C=O) groups is 4. The number of benzene rings is 2. The summed E-state index contributed by atoms with van der Waals surface area (Å²) in [6.45, 7) is 1.34. The fourth-order valence-electron chi connectivity index (χ4n) is 2.83. The monoisotopic (exact) mass is 413 g/mol. The molecule has 2 aromatic rings. The van der Waals surface area contributed by atoms with Crippen molar-refractivity contribution in [2.75, 3.05) is 26.1 Å². The van der Waals surface area contributed by atoms with Crippen molar-refractivity contribution in [2.24, 2.45) is 0 Å². The van der Waals surface area contributed by atoms with Crippen LogP contribution in [0.4, 0.5) is 5.69 Å². The third-order valence-electron chi connectivity index (χ3n) is 4.30. The van der Waals surface area contributed by atoms with Crippen LogP contribution in [0.5, 0.6) is 0 Å². The molecule has 0 fully saturated rings. The maximum atomic E-state index is 12.4. The van der Waals surface area contributed by atoms with E-state index >= 15 is 0 Å². The van der Waals surface area contributed by atoms with E-state index in [2.05, 4.69) is 14.8 Å². The molecule has 158 valence electrons. The first-order chi connectivity index (χ1) is 14.4. The first kappa shape index (κ1) is 22.6. The summed E-state index contributed by atoms with van der Waals surface area (Å²) < 4.78 is 14.4. The van der Waals surface area contributed by atoms with E-state index in [1.54, 1.807) is 0 Å². The molecule has 1 amide bonds. The summed E-state index contributed by atoms with van der Waals surface area (Å²) >= 11 is 0. The van der Waals surface area contributed by atoms with Crippen LogP contribution in [-0.4, -0.2) is 44.6 Å². The van der Waals surface area contributed by atoms with Gasteiger partial charge in [-0.2, -0.15) is 0 Å². The summed E-state index contributed by atoms with van der Waals surface area (Å²) in [6.07, 6.45) is 0.522. The number of amides is 1. The van der Waals surface area contributed by atoms with E-state index in [1.807, 2.05) is 37.3 Å². The number of hydrogen-bond donors (Lipinski definition) is 1. The van der Waals surface area contributed by atoms with E-state index in [4.69, 9.17) is 4.74 Å². The normalized spacial score (nSPS) is 11.2. The fourth-order valence-corrected chi connectivity index (χ4v) is 2.83. The molecule has 1 atom stereocenters. The molecule has 1 N–H and O–H groups in total. The lowest BCUT2D eigenvalue weighted by Crippen LogP contribution is -2.24. The standard InChI is InChI=1S/C22H23NO7/c1-4-18(14-8-6-5-7-9-14)22(27)30-13-19(24)23-17-11-15(20(25)28-2)10-16(12-17)21(26)29-3/h5-12,18H,4,13H2,1-3H3,(H,23,24). The van der Waals surface area contributed by atoms with Crippen LogP contribution in [0.2, 0.25) is 0 Å². The summed E-state index contributed by atoms with van der Waals surface area (Å²) in [5.74, 6) is -2.98. The van der Waals surface area contributed by atoms with Crippen LogP contribution in [0, 0.1) is 0 Å². The van der Waals surface area contributed by atoms with Crippen LogP contribution < -0.4 is 5.32 Å². The Morgan fingerprint density at radius 2 is 1.47 bits per heavy atom. The molecule has 0 aromatic heterocycles. The number of hydrogen-bond acceptors (Lipinski definition) is 7. The van der Waals surface area contributed by atoms with Crippen molar-refractivity contribution in [1.29, 1.82) is 0 Å². The van der Waals surface area contributed by atoms with Gasteiger partial charge in [0, 0.05) is 5.69 Å². The highest BCUT2D eigenvalue weighted by molar-refractivity contribution is 6.00. The molecule has 0 aliphatic rings. The van der Waals surface area contributed by atoms with E-state index in [0.717, 1.165) is 5.56 Å². The minimum atomic E-state index is -0.684. The van der Waals surface area contributed by atoms with Gasteiger partial charge < -0.3 is 19.5 Å². The number of rotatable bonds is 8. The summed E-state index contributed by atoms with van der Waals surface area (Å²) in [5.41, 5.74) is 1.08. The molecule has 0 heterocycles. The molecule has 0 bridgehead atoms. The smallest absolute Gasteiger partial charge is 0.337 e. The SMILES string of the molecule is CCC(C(=O)OCC(=O)Nc1cc(C(=O)OC)cc(C(=O)OC)c1)c1ccccc1. The summed E-state index contributed by atoms with van der Waals surface area (Å²) in [7, 11) is 2.39.